The van der Waals surface area contributed by atoms with Gasteiger partial charge < -0.3 is 21.3 Å². The minimum absolute atomic E-state index is 0.239. The maximum atomic E-state index is 13.3. The number of benzene rings is 1. The molecule has 0 bridgehead atoms. The fourth-order valence-electron chi connectivity index (χ4n) is 3.80. The first-order valence-corrected chi connectivity index (χ1v) is 11.8. The maximum absolute atomic E-state index is 13.3. The molecular weight excluding hydrogens is 514 g/mol. The summed E-state index contributed by atoms with van der Waals surface area (Å²) in [6.45, 7) is 10.5. The van der Waals surface area contributed by atoms with Crippen LogP contribution in [0.3, 0.4) is 0 Å². The molecule has 8 nitrogen and oxygen atoms in total. The number of nitrogens with two attached hydrogens (primary N) is 1. The number of amides is 2. The van der Waals surface area contributed by atoms with Crippen LogP contribution in [0.15, 0.2) is 67.8 Å². The van der Waals surface area contributed by atoms with Crippen molar-refractivity contribution in [3.05, 3.63) is 90.3 Å². The molecule has 0 atom stereocenters. The largest absolute Gasteiger partial charge is 0.418 e. The van der Waals surface area contributed by atoms with Gasteiger partial charge in [-0.25, -0.2) is 9.18 Å². The number of carbonyl (C=O) groups excluding carboxylic acids is 1. The van der Waals surface area contributed by atoms with Crippen molar-refractivity contribution < 1.29 is 22.4 Å². The molecule has 39 heavy (non-hydrogen) atoms. The van der Waals surface area contributed by atoms with Crippen molar-refractivity contribution in [1.82, 2.24) is 20.5 Å². The molecule has 0 radical (unpaired) electrons. The number of urea groups is 1. The molecule has 0 aliphatic heterocycles. The van der Waals surface area contributed by atoms with Crippen molar-refractivity contribution >= 4 is 29.7 Å². The molecule has 2 heterocycles. The fraction of sp³-hybridized carbons (Fsp3) is 0.185. The van der Waals surface area contributed by atoms with Gasteiger partial charge in [0.05, 0.1) is 11.3 Å². The van der Waals surface area contributed by atoms with Gasteiger partial charge in [0.25, 0.3) is 0 Å². The number of nitrogens with one attached hydrogen (secondary N) is 2. The number of anilines is 2. The SMILES string of the molecule is C=Cc1c(N(CC)CCC(=C)NC(=O)Nc2ccc(F)cc2C(F)(F)F)nnc(-c2ccncc2)c1/C=C\N. The Balaban J connectivity index is 1.74. The number of alkyl halides is 3. The van der Waals surface area contributed by atoms with Crippen LogP contribution in [-0.4, -0.2) is 34.3 Å². The van der Waals surface area contributed by atoms with E-state index in [0.29, 0.717) is 41.8 Å². The Bertz CT molecular complexity index is 1370. The van der Waals surface area contributed by atoms with Crippen LogP contribution in [0.2, 0.25) is 0 Å². The van der Waals surface area contributed by atoms with Gasteiger partial charge in [0.2, 0.25) is 0 Å². The first-order chi connectivity index (χ1) is 18.6. The summed E-state index contributed by atoms with van der Waals surface area (Å²) in [4.78, 5) is 18.3. The minimum atomic E-state index is -4.85. The van der Waals surface area contributed by atoms with Crippen molar-refractivity contribution in [2.45, 2.75) is 19.5 Å². The smallest absolute Gasteiger partial charge is 0.405 e. The number of pyridine rings is 1. The molecule has 0 saturated heterocycles. The molecule has 3 aromatic rings. The molecule has 0 saturated carbocycles. The summed E-state index contributed by atoms with van der Waals surface area (Å²) < 4.78 is 53.0. The van der Waals surface area contributed by atoms with Crippen molar-refractivity contribution in [2.75, 3.05) is 23.3 Å². The highest BCUT2D eigenvalue weighted by molar-refractivity contribution is 5.91. The van der Waals surface area contributed by atoms with Crippen LogP contribution < -0.4 is 21.3 Å². The van der Waals surface area contributed by atoms with E-state index in [0.717, 1.165) is 17.7 Å². The quantitative estimate of drug-likeness (QED) is 0.279. The zero-order valence-corrected chi connectivity index (χ0v) is 21.1. The average molecular weight is 542 g/mol. The summed E-state index contributed by atoms with van der Waals surface area (Å²) in [6.07, 6.45) is 3.41. The molecule has 0 aliphatic rings. The van der Waals surface area contributed by atoms with Crippen LogP contribution in [0, 0.1) is 5.82 Å². The zero-order chi connectivity index (χ0) is 28.6. The summed E-state index contributed by atoms with van der Waals surface area (Å²) in [7, 11) is 0. The fourth-order valence-corrected chi connectivity index (χ4v) is 3.80. The van der Waals surface area contributed by atoms with Gasteiger partial charge >= 0.3 is 12.2 Å². The van der Waals surface area contributed by atoms with Gasteiger partial charge in [-0.2, -0.15) is 13.2 Å². The minimum Gasteiger partial charge on any atom is -0.405 e. The first-order valence-electron chi connectivity index (χ1n) is 11.8. The lowest BCUT2D eigenvalue weighted by Crippen LogP contribution is -2.32. The van der Waals surface area contributed by atoms with E-state index in [4.69, 9.17) is 5.73 Å². The van der Waals surface area contributed by atoms with Crippen LogP contribution in [0.4, 0.5) is 33.9 Å². The number of halogens is 4. The van der Waals surface area contributed by atoms with Crippen molar-refractivity contribution in [1.29, 1.82) is 0 Å². The number of rotatable bonds is 10. The van der Waals surface area contributed by atoms with E-state index in [2.05, 4.69) is 39.0 Å². The summed E-state index contributed by atoms with van der Waals surface area (Å²) in [6, 6.07) is 4.64. The van der Waals surface area contributed by atoms with E-state index in [1.165, 1.54) is 6.20 Å². The van der Waals surface area contributed by atoms with Gasteiger partial charge in [0.15, 0.2) is 5.82 Å². The van der Waals surface area contributed by atoms with E-state index in [-0.39, 0.29) is 12.1 Å². The van der Waals surface area contributed by atoms with Gasteiger partial charge in [0.1, 0.15) is 11.5 Å². The van der Waals surface area contributed by atoms with Crippen LogP contribution in [-0.2, 0) is 6.18 Å². The third-order valence-corrected chi connectivity index (χ3v) is 5.64. The highest BCUT2D eigenvalue weighted by Crippen LogP contribution is 2.35. The van der Waals surface area contributed by atoms with Crippen molar-refractivity contribution in [3.8, 4) is 11.3 Å². The number of nitrogens with zero attached hydrogens (tertiary/aromatic N) is 4. The molecule has 3 rings (SSSR count). The lowest BCUT2D eigenvalue weighted by atomic mass is 10.0. The number of carbonyl (C=O) groups is 1. The third-order valence-electron chi connectivity index (χ3n) is 5.64. The normalized spacial score (nSPS) is 11.3. The van der Waals surface area contributed by atoms with Gasteiger partial charge in [-0.15, -0.1) is 10.2 Å². The molecule has 12 heteroatoms. The molecule has 4 N–H and O–H groups in total. The van der Waals surface area contributed by atoms with Crippen molar-refractivity contribution in [2.24, 2.45) is 5.73 Å². The second-order valence-corrected chi connectivity index (χ2v) is 8.20. The van der Waals surface area contributed by atoms with Crippen LogP contribution in [0.5, 0.6) is 0 Å². The van der Waals surface area contributed by atoms with E-state index >= 15 is 0 Å². The summed E-state index contributed by atoms with van der Waals surface area (Å²) in [5.74, 6) is -0.546. The Kier molecular flexibility index (Phi) is 9.37. The first kappa shape index (κ1) is 28.8. The van der Waals surface area contributed by atoms with E-state index in [1.807, 2.05) is 11.8 Å². The van der Waals surface area contributed by atoms with Gasteiger partial charge in [-0.1, -0.05) is 19.2 Å². The molecule has 2 amide bonds. The van der Waals surface area contributed by atoms with Gasteiger partial charge in [-0.05, 0) is 49.5 Å². The number of hydrogen-bond acceptors (Lipinski definition) is 6. The second kappa shape index (κ2) is 12.7. The number of hydrogen-bond donors (Lipinski definition) is 3. The van der Waals surface area contributed by atoms with E-state index in [9.17, 15) is 22.4 Å². The molecule has 0 aliphatic carbocycles. The number of aromatic nitrogens is 3. The Labute approximate surface area is 223 Å². The highest BCUT2D eigenvalue weighted by Gasteiger charge is 2.34. The predicted molar refractivity (Wildman–Crippen MR) is 144 cm³/mol. The van der Waals surface area contributed by atoms with E-state index < -0.39 is 29.3 Å². The molecule has 1 aromatic carbocycles. The molecule has 0 spiro atoms. The molecule has 2 aromatic heterocycles. The lowest BCUT2D eigenvalue weighted by molar-refractivity contribution is -0.137. The molecule has 0 unspecified atom stereocenters. The maximum Gasteiger partial charge on any atom is 0.418 e. The lowest BCUT2D eigenvalue weighted by Gasteiger charge is -2.25. The van der Waals surface area contributed by atoms with Crippen molar-refractivity contribution in [3.63, 3.8) is 0 Å². The zero-order valence-electron chi connectivity index (χ0n) is 21.1. The van der Waals surface area contributed by atoms with Gasteiger partial charge in [-0.3, -0.25) is 4.98 Å². The second-order valence-electron chi connectivity index (χ2n) is 8.20. The Morgan fingerprint density at radius 2 is 1.87 bits per heavy atom. The Morgan fingerprint density at radius 3 is 2.49 bits per heavy atom. The predicted octanol–water partition coefficient (Wildman–Crippen LogP) is 5.82. The molecule has 0 fully saturated rings. The summed E-state index contributed by atoms with van der Waals surface area (Å²) >= 11 is 0. The van der Waals surface area contributed by atoms with Crippen LogP contribution in [0.25, 0.3) is 23.4 Å². The summed E-state index contributed by atoms with van der Waals surface area (Å²) in [5, 5.41) is 13.3. The van der Waals surface area contributed by atoms with Crippen LogP contribution in [0.1, 0.15) is 30.0 Å². The Hall–Kier alpha value is -4.74. The van der Waals surface area contributed by atoms with E-state index in [1.54, 1.807) is 36.7 Å². The summed E-state index contributed by atoms with van der Waals surface area (Å²) in [5.41, 5.74) is 6.85. The Morgan fingerprint density at radius 1 is 1.15 bits per heavy atom. The van der Waals surface area contributed by atoms with Crippen LogP contribution >= 0.6 is 0 Å². The average Bonchev–Trinajstić information content (AvgIpc) is 2.90. The topological polar surface area (TPSA) is 109 Å². The standard InChI is InChI=1S/C27H27F4N7O/c1-4-20-21(8-12-32)24(18-9-13-33-14-10-18)36-37-25(20)38(5-2)15-11-17(3)34-26(39)35-23-7-6-19(28)16-22(23)27(29,30)31/h4,6-10,12-14,16H,1,3,5,11,15,32H2,2H3,(H2,34,35,39)/b12-8-. The molecular formula is C27H27F4N7O. The van der Waals surface area contributed by atoms with Gasteiger partial charge in [0, 0.05) is 54.3 Å². The third kappa shape index (κ3) is 7.18. The monoisotopic (exact) mass is 541 g/mol. The highest BCUT2D eigenvalue weighted by atomic mass is 19.4. The molecule has 204 valence electrons.